The third-order valence-corrected chi connectivity index (χ3v) is 3.10. The second kappa shape index (κ2) is 4.51. The van der Waals surface area contributed by atoms with Crippen molar-refractivity contribution in [1.29, 1.82) is 0 Å². The Labute approximate surface area is 103 Å². The van der Waals surface area contributed by atoms with E-state index in [0.717, 1.165) is 15.9 Å². The van der Waals surface area contributed by atoms with E-state index in [9.17, 15) is 0 Å². The lowest BCUT2D eigenvalue weighted by Crippen LogP contribution is -1.95. The molecular formula is C13H9N2OS. The Morgan fingerprint density at radius 2 is 2.24 bits per heavy atom. The summed E-state index contributed by atoms with van der Waals surface area (Å²) in [6.07, 6.45) is 4.65. The van der Waals surface area contributed by atoms with Crippen LogP contribution in [0.5, 0.6) is 5.75 Å². The van der Waals surface area contributed by atoms with Crippen LogP contribution < -0.4 is 4.74 Å². The van der Waals surface area contributed by atoms with Gasteiger partial charge < -0.3 is 4.74 Å². The van der Waals surface area contributed by atoms with Gasteiger partial charge >= 0.3 is 0 Å². The zero-order valence-corrected chi connectivity index (χ0v) is 9.78. The molecule has 0 atom stereocenters. The molecule has 3 aromatic rings. The first-order valence-electron chi connectivity index (χ1n) is 5.20. The molecule has 17 heavy (non-hydrogen) atoms. The van der Waals surface area contributed by atoms with Gasteiger partial charge in [0.05, 0.1) is 5.52 Å². The summed E-state index contributed by atoms with van der Waals surface area (Å²) in [6.45, 7) is 0.466. The van der Waals surface area contributed by atoms with E-state index < -0.39 is 0 Å². The van der Waals surface area contributed by atoms with Crippen LogP contribution in [-0.4, -0.2) is 9.97 Å². The quantitative estimate of drug-likeness (QED) is 0.707. The molecule has 2 aromatic heterocycles. The Morgan fingerprint density at radius 1 is 1.29 bits per heavy atom. The average Bonchev–Trinajstić information content (AvgIpc) is 2.89. The van der Waals surface area contributed by atoms with Crippen LogP contribution in [0.25, 0.3) is 10.9 Å². The SMILES string of the molecule is [c]1nc2ccccc2cc1OCc1nccs1. The van der Waals surface area contributed by atoms with Crippen LogP contribution in [0, 0.1) is 6.20 Å². The fourth-order valence-corrected chi connectivity index (χ4v) is 2.07. The van der Waals surface area contributed by atoms with E-state index in [1.165, 1.54) is 0 Å². The van der Waals surface area contributed by atoms with Gasteiger partial charge in [0, 0.05) is 17.0 Å². The summed E-state index contributed by atoms with van der Waals surface area (Å²) in [5, 5.41) is 3.94. The summed E-state index contributed by atoms with van der Waals surface area (Å²) in [6, 6.07) is 9.84. The first-order chi connectivity index (χ1) is 8.42. The highest BCUT2D eigenvalue weighted by Crippen LogP contribution is 2.18. The van der Waals surface area contributed by atoms with Crippen LogP contribution in [0.3, 0.4) is 0 Å². The highest BCUT2D eigenvalue weighted by atomic mass is 32.1. The lowest BCUT2D eigenvalue weighted by atomic mass is 10.2. The van der Waals surface area contributed by atoms with E-state index in [1.807, 2.05) is 35.7 Å². The zero-order valence-electron chi connectivity index (χ0n) is 8.96. The van der Waals surface area contributed by atoms with Gasteiger partial charge in [0.15, 0.2) is 0 Å². The van der Waals surface area contributed by atoms with Gasteiger partial charge in [-0.15, -0.1) is 11.3 Å². The number of thiazole rings is 1. The number of nitrogens with zero attached hydrogens (tertiary/aromatic N) is 2. The third kappa shape index (κ3) is 2.26. The number of fused-ring (bicyclic) bond motifs is 1. The summed E-state index contributed by atoms with van der Waals surface area (Å²) in [5.74, 6) is 0.652. The molecule has 0 aliphatic rings. The lowest BCUT2D eigenvalue weighted by Gasteiger charge is -2.04. The maximum Gasteiger partial charge on any atom is 0.148 e. The molecule has 0 aliphatic heterocycles. The largest absolute Gasteiger partial charge is 0.484 e. The third-order valence-electron chi connectivity index (χ3n) is 2.34. The smallest absolute Gasteiger partial charge is 0.148 e. The molecule has 3 rings (SSSR count). The van der Waals surface area contributed by atoms with Gasteiger partial charge in [-0.05, 0) is 12.1 Å². The second-order valence-corrected chi connectivity index (χ2v) is 4.48. The van der Waals surface area contributed by atoms with Crippen molar-refractivity contribution in [2.45, 2.75) is 6.61 Å². The number of pyridine rings is 1. The molecule has 0 amide bonds. The van der Waals surface area contributed by atoms with E-state index in [0.29, 0.717) is 12.4 Å². The Bertz CT molecular complexity index is 622. The standard InChI is InChI=1S/C13H9N2OS/c1-2-4-12-10(3-1)7-11(8-15-12)16-9-13-14-5-6-17-13/h1-7H,9H2. The number of ether oxygens (including phenoxy) is 1. The minimum absolute atomic E-state index is 0.466. The van der Waals surface area contributed by atoms with E-state index >= 15 is 0 Å². The molecule has 4 heteroatoms. The topological polar surface area (TPSA) is 35.0 Å². The van der Waals surface area contributed by atoms with Crippen LogP contribution >= 0.6 is 11.3 Å². The number of aromatic nitrogens is 2. The van der Waals surface area contributed by atoms with Crippen molar-refractivity contribution in [3.8, 4) is 5.75 Å². The van der Waals surface area contributed by atoms with Crippen molar-refractivity contribution in [1.82, 2.24) is 9.97 Å². The van der Waals surface area contributed by atoms with Crippen molar-refractivity contribution in [2.24, 2.45) is 0 Å². The molecule has 0 saturated carbocycles. The second-order valence-electron chi connectivity index (χ2n) is 3.51. The fraction of sp³-hybridized carbons (Fsp3) is 0.0769. The normalized spacial score (nSPS) is 10.6. The van der Waals surface area contributed by atoms with Gasteiger partial charge in [0.2, 0.25) is 0 Å². The molecule has 0 spiro atoms. The van der Waals surface area contributed by atoms with Crippen molar-refractivity contribution >= 4 is 22.2 Å². The first-order valence-corrected chi connectivity index (χ1v) is 6.08. The Hall–Kier alpha value is -1.94. The van der Waals surface area contributed by atoms with Crippen molar-refractivity contribution in [2.75, 3.05) is 0 Å². The molecule has 2 heterocycles. The molecule has 0 unspecified atom stereocenters. The van der Waals surface area contributed by atoms with Crippen LogP contribution in [0.4, 0.5) is 0 Å². The molecule has 1 radical (unpaired) electrons. The van der Waals surface area contributed by atoms with Crippen molar-refractivity contribution in [3.63, 3.8) is 0 Å². The number of hydrogen-bond acceptors (Lipinski definition) is 4. The number of benzene rings is 1. The summed E-state index contributed by atoms with van der Waals surface area (Å²) in [7, 11) is 0. The minimum Gasteiger partial charge on any atom is -0.484 e. The lowest BCUT2D eigenvalue weighted by molar-refractivity contribution is 0.304. The fourth-order valence-electron chi connectivity index (χ4n) is 1.54. The van der Waals surface area contributed by atoms with Gasteiger partial charge in [0.25, 0.3) is 0 Å². The highest BCUT2D eigenvalue weighted by molar-refractivity contribution is 7.09. The summed E-state index contributed by atoms with van der Waals surface area (Å²) >= 11 is 1.58. The maximum atomic E-state index is 5.59. The number of rotatable bonds is 3. The minimum atomic E-state index is 0.466. The van der Waals surface area contributed by atoms with Crippen molar-refractivity contribution in [3.05, 3.63) is 53.1 Å². The Balaban J connectivity index is 1.81. The summed E-state index contributed by atoms with van der Waals surface area (Å²) < 4.78 is 5.59. The Morgan fingerprint density at radius 3 is 3.12 bits per heavy atom. The van der Waals surface area contributed by atoms with Crippen LogP contribution in [-0.2, 0) is 6.61 Å². The van der Waals surface area contributed by atoms with Crippen LogP contribution in [0.1, 0.15) is 5.01 Å². The van der Waals surface area contributed by atoms with E-state index in [-0.39, 0.29) is 0 Å². The summed E-state index contributed by atoms with van der Waals surface area (Å²) in [5.41, 5.74) is 0.925. The predicted molar refractivity (Wildman–Crippen MR) is 67.0 cm³/mol. The molecular weight excluding hydrogens is 232 g/mol. The number of para-hydroxylation sites is 1. The van der Waals surface area contributed by atoms with Gasteiger partial charge in [-0.3, -0.25) is 0 Å². The number of hydrogen-bond donors (Lipinski definition) is 0. The van der Waals surface area contributed by atoms with E-state index in [2.05, 4.69) is 16.2 Å². The molecule has 0 saturated heterocycles. The molecule has 0 aliphatic carbocycles. The van der Waals surface area contributed by atoms with E-state index in [1.54, 1.807) is 17.5 Å². The first kappa shape index (κ1) is 10.2. The maximum absolute atomic E-state index is 5.59. The van der Waals surface area contributed by atoms with Gasteiger partial charge in [-0.25, -0.2) is 9.97 Å². The molecule has 0 bridgehead atoms. The molecule has 83 valence electrons. The monoisotopic (exact) mass is 241 g/mol. The predicted octanol–water partition coefficient (Wildman–Crippen LogP) is 3.07. The molecule has 1 aromatic carbocycles. The van der Waals surface area contributed by atoms with E-state index in [4.69, 9.17) is 4.74 Å². The zero-order chi connectivity index (χ0) is 11.5. The van der Waals surface area contributed by atoms with Crippen molar-refractivity contribution < 1.29 is 4.74 Å². The molecule has 0 fully saturated rings. The van der Waals surface area contributed by atoms with Crippen LogP contribution in [0.15, 0.2) is 41.9 Å². The summed E-state index contributed by atoms with van der Waals surface area (Å²) in [4.78, 5) is 8.37. The Kier molecular flexibility index (Phi) is 2.71. The van der Waals surface area contributed by atoms with Gasteiger partial charge in [-0.1, -0.05) is 18.2 Å². The molecule has 3 nitrogen and oxygen atoms in total. The highest BCUT2D eigenvalue weighted by Gasteiger charge is 2.01. The van der Waals surface area contributed by atoms with Crippen LogP contribution in [0.2, 0.25) is 0 Å². The van der Waals surface area contributed by atoms with Gasteiger partial charge in [-0.2, -0.15) is 0 Å². The average molecular weight is 241 g/mol. The van der Waals surface area contributed by atoms with Gasteiger partial charge in [0.1, 0.15) is 23.6 Å². The molecule has 0 N–H and O–H groups in total.